The predicted molar refractivity (Wildman–Crippen MR) is 98.9 cm³/mol. The number of carbonyl (C=O) groups is 1. The summed E-state index contributed by atoms with van der Waals surface area (Å²) >= 11 is 0. The summed E-state index contributed by atoms with van der Waals surface area (Å²) in [6.45, 7) is 7.35. The number of aryl methyl sites for hydroxylation is 1. The van der Waals surface area contributed by atoms with Gasteiger partial charge in [0.25, 0.3) is 5.91 Å². The highest BCUT2D eigenvalue weighted by Crippen LogP contribution is 2.18. The molecule has 0 aliphatic carbocycles. The highest BCUT2D eigenvalue weighted by Gasteiger charge is 2.24. The molecule has 0 heterocycles. The molecule has 25 heavy (non-hydrogen) atoms. The van der Waals surface area contributed by atoms with Gasteiger partial charge >= 0.3 is 0 Å². The largest absolute Gasteiger partial charge is 0.348 e. The van der Waals surface area contributed by atoms with Gasteiger partial charge < -0.3 is 5.32 Å². The van der Waals surface area contributed by atoms with E-state index >= 15 is 0 Å². The Hall–Kier alpha value is -2.18. The molecule has 0 aromatic heterocycles. The van der Waals surface area contributed by atoms with Crippen LogP contribution >= 0.6 is 0 Å². The number of benzene rings is 2. The lowest BCUT2D eigenvalue weighted by atomic mass is 10.1. The second kappa shape index (κ2) is 7.37. The van der Waals surface area contributed by atoms with Gasteiger partial charge in [-0.25, -0.2) is 13.1 Å². The second-order valence-corrected chi connectivity index (χ2v) is 8.61. The summed E-state index contributed by atoms with van der Waals surface area (Å²) in [4.78, 5) is 12.5. The van der Waals surface area contributed by atoms with Crippen molar-refractivity contribution in [2.45, 2.75) is 44.7 Å². The van der Waals surface area contributed by atoms with E-state index in [-0.39, 0.29) is 17.3 Å². The minimum atomic E-state index is -3.67. The third-order valence-corrected chi connectivity index (χ3v) is 5.39. The van der Waals surface area contributed by atoms with Crippen LogP contribution < -0.4 is 10.0 Å². The van der Waals surface area contributed by atoms with E-state index in [1.54, 1.807) is 57.2 Å². The summed E-state index contributed by atoms with van der Waals surface area (Å²) in [6, 6.07) is 13.9. The van der Waals surface area contributed by atoms with Crippen molar-refractivity contribution in [3.63, 3.8) is 0 Å². The first-order valence-electron chi connectivity index (χ1n) is 8.06. The monoisotopic (exact) mass is 360 g/mol. The molecule has 0 radical (unpaired) electrons. The molecule has 0 atom stereocenters. The van der Waals surface area contributed by atoms with E-state index in [0.29, 0.717) is 11.1 Å². The fourth-order valence-electron chi connectivity index (χ4n) is 2.47. The van der Waals surface area contributed by atoms with Crippen molar-refractivity contribution in [1.82, 2.24) is 10.0 Å². The van der Waals surface area contributed by atoms with E-state index in [4.69, 9.17) is 0 Å². The van der Waals surface area contributed by atoms with Crippen LogP contribution in [0, 0.1) is 6.92 Å². The highest BCUT2D eigenvalue weighted by molar-refractivity contribution is 7.89. The molecule has 0 saturated heterocycles. The molecular formula is C19H24N2O3S. The van der Waals surface area contributed by atoms with Gasteiger partial charge in [0, 0.05) is 17.6 Å². The number of carbonyl (C=O) groups excluding carboxylic acids is 1. The van der Waals surface area contributed by atoms with Crippen molar-refractivity contribution >= 4 is 15.9 Å². The fraction of sp³-hybridized carbons (Fsp3) is 0.316. The number of nitrogens with one attached hydrogen (secondary N) is 2. The molecule has 0 aliphatic rings. The van der Waals surface area contributed by atoms with Gasteiger partial charge in [0.2, 0.25) is 10.0 Å². The van der Waals surface area contributed by atoms with E-state index in [2.05, 4.69) is 10.0 Å². The first-order valence-corrected chi connectivity index (χ1v) is 9.54. The summed E-state index contributed by atoms with van der Waals surface area (Å²) in [6.07, 6.45) is 0. The molecule has 2 N–H and O–H groups in total. The van der Waals surface area contributed by atoms with Crippen molar-refractivity contribution in [3.8, 4) is 0 Å². The van der Waals surface area contributed by atoms with Crippen molar-refractivity contribution in [2.75, 3.05) is 0 Å². The Labute approximate surface area is 149 Å². The Bertz CT molecular complexity index is 868. The standard InChI is InChI=1S/C19H24N2O3S/c1-14-9-5-7-11-16(14)18(22)20-13-15-10-6-8-12-17(15)25(23,24)21-19(2,3)4/h5-12,21H,13H2,1-4H3,(H,20,22). The summed E-state index contributed by atoms with van der Waals surface area (Å²) in [5, 5.41) is 2.80. The van der Waals surface area contributed by atoms with Crippen LogP contribution in [0.1, 0.15) is 42.3 Å². The average Bonchev–Trinajstić information content (AvgIpc) is 2.51. The van der Waals surface area contributed by atoms with Gasteiger partial charge in [0.05, 0.1) is 4.90 Å². The second-order valence-electron chi connectivity index (χ2n) is 6.96. The predicted octanol–water partition coefficient (Wildman–Crippen LogP) is 3.00. The summed E-state index contributed by atoms with van der Waals surface area (Å²) in [7, 11) is -3.67. The smallest absolute Gasteiger partial charge is 0.251 e. The van der Waals surface area contributed by atoms with Crippen LogP contribution in [-0.4, -0.2) is 19.9 Å². The number of hydrogen-bond acceptors (Lipinski definition) is 3. The molecule has 5 nitrogen and oxygen atoms in total. The van der Waals surface area contributed by atoms with Gasteiger partial charge in [-0.2, -0.15) is 0 Å². The normalized spacial score (nSPS) is 12.0. The lowest BCUT2D eigenvalue weighted by Crippen LogP contribution is -2.41. The zero-order valence-corrected chi connectivity index (χ0v) is 15.8. The molecule has 2 aromatic rings. The van der Waals surface area contributed by atoms with Crippen LogP contribution in [0.2, 0.25) is 0 Å². The summed E-state index contributed by atoms with van der Waals surface area (Å²) in [5.74, 6) is -0.228. The zero-order valence-electron chi connectivity index (χ0n) is 15.0. The Morgan fingerprint density at radius 3 is 2.24 bits per heavy atom. The quantitative estimate of drug-likeness (QED) is 0.861. The molecule has 0 aliphatic heterocycles. The minimum Gasteiger partial charge on any atom is -0.348 e. The maximum absolute atomic E-state index is 12.6. The van der Waals surface area contributed by atoms with E-state index in [0.717, 1.165) is 5.56 Å². The third kappa shape index (κ3) is 5.14. The number of sulfonamides is 1. The Balaban J connectivity index is 2.22. The SMILES string of the molecule is Cc1ccccc1C(=O)NCc1ccccc1S(=O)(=O)NC(C)(C)C. The molecule has 134 valence electrons. The van der Waals surface area contributed by atoms with Crippen LogP contribution in [0.3, 0.4) is 0 Å². The molecule has 0 bridgehead atoms. The lowest BCUT2D eigenvalue weighted by molar-refractivity contribution is 0.0950. The van der Waals surface area contributed by atoms with E-state index in [9.17, 15) is 13.2 Å². The Morgan fingerprint density at radius 1 is 1.00 bits per heavy atom. The van der Waals surface area contributed by atoms with Crippen LogP contribution in [0.15, 0.2) is 53.4 Å². The van der Waals surface area contributed by atoms with E-state index < -0.39 is 15.6 Å². The van der Waals surface area contributed by atoms with Gasteiger partial charge in [-0.05, 0) is 51.0 Å². The molecule has 2 aromatic carbocycles. The summed E-state index contributed by atoms with van der Waals surface area (Å²) in [5.41, 5.74) is 1.41. The van der Waals surface area contributed by atoms with Crippen molar-refractivity contribution < 1.29 is 13.2 Å². The number of rotatable bonds is 5. The molecule has 0 saturated carbocycles. The Kier molecular flexibility index (Phi) is 5.65. The van der Waals surface area contributed by atoms with Gasteiger partial charge in [0.1, 0.15) is 0 Å². The fourth-order valence-corrected chi connectivity index (χ4v) is 4.13. The lowest BCUT2D eigenvalue weighted by Gasteiger charge is -2.21. The van der Waals surface area contributed by atoms with E-state index in [1.165, 1.54) is 0 Å². The molecule has 0 spiro atoms. The maximum atomic E-state index is 12.6. The molecule has 0 unspecified atom stereocenters. The van der Waals surface area contributed by atoms with Crippen LogP contribution in [-0.2, 0) is 16.6 Å². The summed E-state index contributed by atoms with van der Waals surface area (Å²) < 4.78 is 27.9. The molecular weight excluding hydrogens is 336 g/mol. The minimum absolute atomic E-state index is 0.133. The van der Waals surface area contributed by atoms with Gasteiger partial charge in [0.15, 0.2) is 0 Å². The Morgan fingerprint density at radius 2 is 1.60 bits per heavy atom. The molecule has 6 heteroatoms. The highest BCUT2D eigenvalue weighted by atomic mass is 32.2. The molecule has 2 rings (SSSR count). The van der Waals surface area contributed by atoms with Crippen LogP contribution in [0.4, 0.5) is 0 Å². The van der Waals surface area contributed by atoms with Crippen molar-refractivity contribution in [1.29, 1.82) is 0 Å². The van der Waals surface area contributed by atoms with E-state index in [1.807, 2.05) is 19.1 Å². The molecule has 1 amide bonds. The first-order chi connectivity index (χ1) is 11.6. The number of amides is 1. The zero-order chi connectivity index (χ0) is 18.7. The average molecular weight is 360 g/mol. The van der Waals surface area contributed by atoms with Gasteiger partial charge in [-0.1, -0.05) is 36.4 Å². The topological polar surface area (TPSA) is 75.3 Å². The van der Waals surface area contributed by atoms with Crippen LogP contribution in [0.5, 0.6) is 0 Å². The number of hydrogen-bond donors (Lipinski definition) is 2. The third-order valence-electron chi connectivity index (χ3n) is 3.53. The van der Waals surface area contributed by atoms with Crippen molar-refractivity contribution in [3.05, 3.63) is 65.2 Å². The van der Waals surface area contributed by atoms with Gasteiger partial charge in [-0.3, -0.25) is 4.79 Å². The van der Waals surface area contributed by atoms with Gasteiger partial charge in [-0.15, -0.1) is 0 Å². The first kappa shape index (κ1) is 19.1. The van der Waals surface area contributed by atoms with Crippen LogP contribution in [0.25, 0.3) is 0 Å². The maximum Gasteiger partial charge on any atom is 0.251 e. The molecule has 0 fully saturated rings. The van der Waals surface area contributed by atoms with Crippen molar-refractivity contribution in [2.24, 2.45) is 0 Å².